The number of hydrogen-bond acceptors (Lipinski definition) is 4. The fraction of sp³-hybridized carbons (Fsp3) is 0.235. The monoisotopic (exact) mass is 346 g/mol. The molecule has 1 aliphatic heterocycles. The van der Waals surface area contributed by atoms with Crippen molar-refractivity contribution >= 4 is 23.4 Å². The van der Waals surface area contributed by atoms with E-state index in [1.54, 1.807) is 36.9 Å². The number of amides is 1. The summed E-state index contributed by atoms with van der Waals surface area (Å²) in [6.07, 6.45) is 0.645. The maximum absolute atomic E-state index is 13.5. The third kappa shape index (κ3) is 3.12. The molecule has 1 amide bonds. The lowest BCUT2D eigenvalue weighted by Crippen LogP contribution is -2.31. The molecule has 2 aromatic carbocycles. The van der Waals surface area contributed by atoms with E-state index in [2.05, 4.69) is 5.32 Å². The molecule has 1 aliphatic rings. The number of halogens is 1. The standard InChI is InChI=1S/C17H15FN2O3S/c1-10-3-2-4-12(16(10)20(22)23)17(21)19-14-7-8-24-15-6-5-11(18)9-13(14)15/h2-6,9,14H,7-8H2,1H3,(H,19,21)/t14-/m0/s1. The molecule has 3 rings (SSSR count). The van der Waals surface area contributed by atoms with Crippen LogP contribution in [-0.2, 0) is 0 Å². The van der Waals surface area contributed by atoms with Crippen LogP contribution in [0.3, 0.4) is 0 Å². The van der Waals surface area contributed by atoms with Gasteiger partial charge in [-0.3, -0.25) is 14.9 Å². The van der Waals surface area contributed by atoms with E-state index in [0.717, 1.165) is 16.2 Å². The van der Waals surface area contributed by atoms with Gasteiger partial charge in [0.05, 0.1) is 11.0 Å². The van der Waals surface area contributed by atoms with Crippen LogP contribution < -0.4 is 5.32 Å². The quantitative estimate of drug-likeness (QED) is 0.673. The van der Waals surface area contributed by atoms with Crippen molar-refractivity contribution in [1.29, 1.82) is 0 Å². The van der Waals surface area contributed by atoms with Crippen LogP contribution in [0, 0.1) is 22.9 Å². The molecule has 5 nitrogen and oxygen atoms in total. The normalized spacial score (nSPS) is 16.3. The molecule has 24 heavy (non-hydrogen) atoms. The largest absolute Gasteiger partial charge is 0.345 e. The van der Waals surface area contributed by atoms with Gasteiger partial charge < -0.3 is 5.32 Å². The number of para-hydroxylation sites is 1. The van der Waals surface area contributed by atoms with Crippen LogP contribution in [0.2, 0.25) is 0 Å². The molecule has 7 heteroatoms. The van der Waals surface area contributed by atoms with Gasteiger partial charge in [0.1, 0.15) is 11.4 Å². The number of aryl methyl sites for hydroxylation is 1. The maximum Gasteiger partial charge on any atom is 0.285 e. The van der Waals surface area contributed by atoms with E-state index in [9.17, 15) is 19.3 Å². The topological polar surface area (TPSA) is 72.2 Å². The Balaban J connectivity index is 1.91. The second-order valence-electron chi connectivity index (χ2n) is 5.57. The number of benzene rings is 2. The lowest BCUT2D eigenvalue weighted by molar-refractivity contribution is -0.385. The number of thioether (sulfide) groups is 1. The number of carbonyl (C=O) groups excluding carboxylic acids is 1. The van der Waals surface area contributed by atoms with E-state index in [-0.39, 0.29) is 23.1 Å². The van der Waals surface area contributed by atoms with Crippen LogP contribution in [0.4, 0.5) is 10.1 Å². The Bertz CT molecular complexity index is 825. The van der Waals surface area contributed by atoms with Gasteiger partial charge in [0.25, 0.3) is 11.6 Å². The van der Waals surface area contributed by atoms with Gasteiger partial charge in [0.2, 0.25) is 0 Å². The van der Waals surface area contributed by atoms with Gasteiger partial charge in [-0.25, -0.2) is 4.39 Å². The summed E-state index contributed by atoms with van der Waals surface area (Å²) in [6, 6.07) is 8.79. The number of carbonyl (C=O) groups is 1. The van der Waals surface area contributed by atoms with E-state index in [0.29, 0.717) is 12.0 Å². The molecule has 0 aromatic heterocycles. The van der Waals surface area contributed by atoms with Crippen LogP contribution in [0.15, 0.2) is 41.3 Å². The van der Waals surface area contributed by atoms with Gasteiger partial charge in [-0.15, -0.1) is 11.8 Å². The third-order valence-corrected chi connectivity index (χ3v) is 5.10. The maximum atomic E-state index is 13.5. The minimum absolute atomic E-state index is 0.0242. The highest BCUT2D eigenvalue weighted by molar-refractivity contribution is 7.99. The first-order chi connectivity index (χ1) is 11.5. The van der Waals surface area contributed by atoms with Crippen LogP contribution in [0.25, 0.3) is 0 Å². The highest BCUT2D eigenvalue weighted by Gasteiger charge is 2.27. The van der Waals surface area contributed by atoms with E-state index in [1.807, 2.05) is 0 Å². The van der Waals surface area contributed by atoms with Gasteiger partial charge in [0, 0.05) is 16.2 Å². The number of nitrogens with one attached hydrogen (secondary N) is 1. The summed E-state index contributed by atoms with van der Waals surface area (Å²) in [7, 11) is 0. The molecular formula is C17H15FN2O3S. The fourth-order valence-corrected chi connectivity index (χ4v) is 3.94. The highest BCUT2D eigenvalue weighted by Crippen LogP contribution is 2.37. The Morgan fingerprint density at radius 1 is 1.38 bits per heavy atom. The van der Waals surface area contributed by atoms with Gasteiger partial charge in [-0.2, -0.15) is 0 Å². The number of fused-ring (bicyclic) bond motifs is 1. The Morgan fingerprint density at radius 2 is 2.17 bits per heavy atom. The van der Waals surface area contributed by atoms with Crippen molar-refractivity contribution in [2.75, 3.05) is 5.75 Å². The first kappa shape index (κ1) is 16.4. The van der Waals surface area contributed by atoms with Crippen LogP contribution in [0.5, 0.6) is 0 Å². The van der Waals surface area contributed by atoms with Crippen LogP contribution >= 0.6 is 11.8 Å². The fourth-order valence-electron chi connectivity index (χ4n) is 2.84. The van der Waals surface area contributed by atoms with Crippen molar-refractivity contribution < 1.29 is 14.1 Å². The van der Waals surface area contributed by atoms with Crippen LogP contribution in [0.1, 0.15) is 33.9 Å². The Morgan fingerprint density at radius 3 is 2.92 bits per heavy atom. The Labute approximate surface area is 142 Å². The molecule has 0 bridgehead atoms. The number of hydrogen-bond donors (Lipinski definition) is 1. The van der Waals surface area contributed by atoms with Crippen molar-refractivity contribution in [2.45, 2.75) is 24.3 Å². The molecule has 0 fully saturated rings. The zero-order valence-corrected chi connectivity index (χ0v) is 13.7. The van der Waals surface area contributed by atoms with Gasteiger partial charge >= 0.3 is 0 Å². The summed E-state index contributed by atoms with van der Waals surface area (Å²) in [5.74, 6) is -0.0889. The minimum atomic E-state index is -0.547. The summed E-state index contributed by atoms with van der Waals surface area (Å²) in [5, 5.41) is 14.1. The van der Waals surface area contributed by atoms with E-state index < -0.39 is 10.8 Å². The lowest BCUT2D eigenvalue weighted by atomic mass is 10.0. The molecule has 0 saturated carbocycles. The van der Waals surface area contributed by atoms with E-state index >= 15 is 0 Å². The zero-order chi connectivity index (χ0) is 17.3. The second-order valence-corrected chi connectivity index (χ2v) is 6.71. The predicted octanol–water partition coefficient (Wildman–Crippen LogP) is 4.01. The molecule has 0 unspecified atom stereocenters. The molecule has 2 aromatic rings. The first-order valence-electron chi connectivity index (χ1n) is 7.44. The Kier molecular flexibility index (Phi) is 4.53. The summed E-state index contributed by atoms with van der Waals surface area (Å²) in [6.45, 7) is 1.59. The van der Waals surface area contributed by atoms with Gasteiger partial charge in [0.15, 0.2) is 0 Å². The molecule has 0 saturated heterocycles. The van der Waals surface area contributed by atoms with Crippen molar-refractivity contribution in [1.82, 2.24) is 5.32 Å². The molecule has 1 N–H and O–H groups in total. The first-order valence-corrected chi connectivity index (χ1v) is 8.43. The summed E-state index contributed by atoms with van der Waals surface area (Å²) < 4.78 is 13.5. The van der Waals surface area contributed by atoms with Crippen molar-refractivity contribution in [3.8, 4) is 0 Å². The number of rotatable bonds is 3. The molecular weight excluding hydrogens is 331 g/mol. The predicted molar refractivity (Wildman–Crippen MR) is 89.8 cm³/mol. The molecule has 0 spiro atoms. The molecule has 0 aliphatic carbocycles. The van der Waals surface area contributed by atoms with Crippen molar-refractivity contribution in [2.24, 2.45) is 0 Å². The van der Waals surface area contributed by atoms with E-state index in [1.165, 1.54) is 18.2 Å². The smallest absolute Gasteiger partial charge is 0.285 e. The number of nitro groups is 1. The average Bonchev–Trinajstić information content (AvgIpc) is 2.54. The van der Waals surface area contributed by atoms with Gasteiger partial charge in [-0.1, -0.05) is 12.1 Å². The second kappa shape index (κ2) is 6.60. The summed E-state index contributed by atoms with van der Waals surface area (Å²) in [5.41, 5.74) is 0.976. The minimum Gasteiger partial charge on any atom is -0.345 e. The SMILES string of the molecule is Cc1cccc(C(=O)N[C@H]2CCSc3ccc(F)cc32)c1[N+](=O)[O-]. The Hall–Kier alpha value is -2.41. The van der Waals surface area contributed by atoms with Crippen molar-refractivity contribution in [3.05, 3.63) is 69.0 Å². The molecule has 1 atom stereocenters. The van der Waals surface area contributed by atoms with Gasteiger partial charge in [-0.05, 0) is 43.2 Å². The number of nitrogens with zero attached hydrogens (tertiary/aromatic N) is 1. The lowest BCUT2D eigenvalue weighted by Gasteiger charge is -2.26. The average molecular weight is 346 g/mol. The molecule has 0 radical (unpaired) electrons. The zero-order valence-electron chi connectivity index (χ0n) is 12.9. The summed E-state index contributed by atoms with van der Waals surface area (Å²) >= 11 is 1.61. The van der Waals surface area contributed by atoms with Crippen molar-refractivity contribution in [3.63, 3.8) is 0 Å². The third-order valence-electron chi connectivity index (χ3n) is 3.98. The molecule has 124 valence electrons. The van der Waals surface area contributed by atoms with Crippen LogP contribution in [-0.4, -0.2) is 16.6 Å². The highest BCUT2D eigenvalue weighted by atomic mass is 32.2. The summed E-state index contributed by atoms with van der Waals surface area (Å²) in [4.78, 5) is 24.2. The number of nitro benzene ring substituents is 1. The molecule has 1 heterocycles. The van der Waals surface area contributed by atoms with E-state index in [4.69, 9.17) is 0 Å².